The number of H-pyrrole nitrogens is 1. The fourth-order valence-electron chi connectivity index (χ4n) is 4.85. The van der Waals surface area contributed by atoms with E-state index >= 15 is 0 Å². The lowest BCUT2D eigenvalue weighted by molar-refractivity contribution is 0.0571. The van der Waals surface area contributed by atoms with Crippen LogP contribution in [0.5, 0.6) is 0 Å². The van der Waals surface area contributed by atoms with Gasteiger partial charge in [-0.05, 0) is 41.5 Å². The third kappa shape index (κ3) is 4.20. The second-order valence-electron chi connectivity index (χ2n) is 8.21. The third-order valence-electron chi connectivity index (χ3n) is 6.43. The summed E-state index contributed by atoms with van der Waals surface area (Å²) in [5.74, 6) is 0. The Hall–Kier alpha value is -1.56. The quantitative estimate of drug-likeness (QED) is 0.401. The molecule has 0 amide bonds. The lowest BCUT2D eigenvalue weighted by Crippen LogP contribution is -2.45. The minimum Gasteiger partial charge on any atom is -0.383 e. The molecule has 1 aliphatic rings. The zero-order valence-electron chi connectivity index (χ0n) is 18.6. The molecule has 0 aliphatic carbocycles. The molecule has 1 N–H and O–H groups in total. The molecule has 4 nitrogen and oxygen atoms in total. The number of aromatic nitrogens is 2. The van der Waals surface area contributed by atoms with E-state index in [1.165, 1.54) is 11.1 Å². The van der Waals surface area contributed by atoms with Gasteiger partial charge in [0, 0.05) is 42.0 Å². The highest BCUT2D eigenvalue weighted by Crippen LogP contribution is 2.47. The predicted octanol–water partition coefficient (Wildman–Crippen LogP) is 6.66. The summed E-state index contributed by atoms with van der Waals surface area (Å²) in [6.07, 6.45) is 6.14. The first-order valence-corrected chi connectivity index (χ1v) is 12.1. The Morgan fingerprint density at radius 3 is 2.28 bits per heavy atom. The summed E-state index contributed by atoms with van der Waals surface area (Å²) in [6, 6.07) is 8.56. The van der Waals surface area contributed by atoms with Crippen molar-refractivity contribution in [3.8, 4) is 0 Å². The molecule has 32 heavy (non-hydrogen) atoms. The van der Waals surface area contributed by atoms with Crippen LogP contribution in [-0.2, 0) is 30.5 Å². The molecule has 2 aromatic carbocycles. The van der Waals surface area contributed by atoms with Crippen molar-refractivity contribution < 1.29 is 4.74 Å². The summed E-state index contributed by atoms with van der Waals surface area (Å²) in [6.45, 7) is 5.51. The van der Waals surface area contributed by atoms with Crippen LogP contribution in [0, 0.1) is 0 Å². The fourth-order valence-corrected chi connectivity index (χ4v) is 6.30. The molecular formula is C25H28Cl3N3O. The molecular weight excluding hydrogens is 465 g/mol. The van der Waals surface area contributed by atoms with Crippen LogP contribution in [0.15, 0.2) is 36.7 Å². The normalized spacial score (nSPS) is 17.4. The summed E-state index contributed by atoms with van der Waals surface area (Å²) in [5.41, 5.74) is 6.46. The van der Waals surface area contributed by atoms with E-state index in [2.05, 4.69) is 53.2 Å². The minimum absolute atomic E-state index is 0.160. The highest BCUT2D eigenvalue weighted by atomic mass is 35.5. The van der Waals surface area contributed by atoms with E-state index in [0.29, 0.717) is 21.7 Å². The summed E-state index contributed by atoms with van der Waals surface area (Å²) in [5, 5.41) is 9.18. The van der Waals surface area contributed by atoms with E-state index in [-0.39, 0.29) is 12.1 Å². The van der Waals surface area contributed by atoms with E-state index in [1.807, 2.05) is 12.4 Å². The number of halogens is 3. The van der Waals surface area contributed by atoms with Gasteiger partial charge in [0.2, 0.25) is 0 Å². The van der Waals surface area contributed by atoms with Crippen molar-refractivity contribution in [3.05, 3.63) is 85.1 Å². The van der Waals surface area contributed by atoms with E-state index in [4.69, 9.17) is 39.5 Å². The highest BCUT2D eigenvalue weighted by molar-refractivity contribution is 6.41. The Morgan fingerprint density at radius 2 is 1.72 bits per heavy atom. The van der Waals surface area contributed by atoms with Crippen molar-refractivity contribution >= 4 is 34.8 Å². The number of nitrogens with one attached hydrogen (secondary N) is 1. The molecule has 0 radical (unpaired) electrons. The van der Waals surface area contributed by atoms with Gasteiger partial charge in [0.1, 0.15) is 0 Å². The number of benzene rings is 2. The molecule has 3 aromatic rings. The van der Waals surface area contributed by atoms with E-state index in [9.17, 15) is 0 Å². The SMILES string of the molecule is CCc1c(Cl)c(CC)c(Cl)c(C(c2cn[nH]c2)N2Cc3ccccc3CC2COC)c1Cl. The molecule has 0 saturated heterocycles. The van der Waals surface area contributed by atoms with E-state index in [1.54, 1.807) is 7.11 Å². The molecule has 1 aliphatic heterocycles. The zero-order valence-corrected chi connectivity index (χ0v) is 20.9. The van der Waals surface area contributed by atoms with Gasteiger partial charge in [-0.15, -0.1) is 0 Å². The second-order valence-corrected chi connectivity index (χ2v) is 9.34. The molecule has 0 bridgehead atoms. The van der Waals surface area contributed by atoms with Crippen molar-refractivity contribution in [2.75, 3.05) is 13.7 Å². The van der Waals surface area contributed by atoms with Crippen LogP contribution in [0.1, 0.15) is 53.3 Å². The van der Waals surface area contributed by atoms with Gasteiger partial charge in [-0.25, -0.2) is 0 Å². The Morgan fingerprint density at radius 1 is 1.06 bits per heavy atom. The molecule has 2 unspecified atom stereocenters. The minimum atomic E-state index is -0.185. The Balaban J connectivity index is 1.94. The number of hydrogen-bond donors (Lipinski definition) is 1. The molecule has 1 aromatic heterocycles. The van der Waals surface area contributed by atoms with Crippen LogP contribution in [0.2, 0.25) is 15.1 Å². The molecule has 0 spiro atoms. The van der Waals surface area contributed by atoms with Crippen molar-refractivity contribution in [1.82, 2.24) is 15.1 Å². The lowest BCUT2D eigenvalue weighted by Gasteiger charge is -2.42. The van der Waals surface area contributed by atoms with Gasteiger partial charge in [0.25, 0.3) is 0 Å². The number of methoxy groups -OCH3 is 1. The maximum atomic E-state index is 7.05. The summed E-state index contributed by atoms with van der Waals surface area (Å²) in [4.78, 5) is 2.44. The lowest BCUT2D eigenvalue weighted by atomic mass is 9.88. The number of fused-ring (bicyclic) bond motifs is 1. The fraction of sp³-hybridized carbons (Fsp3) is 0.400. The standard InChI is InChI=1S/C25H28Cl3N3O/c1-4-19-22(26)20(5-2)24(28)21(23(19)27)25(17-11-29-30-12-17)31-13-16-9-7-6-8-15(16)10-18(31)14-32-3/h6-9,11-12,18,25H,4-5,10,13-14H2,1-3H3,(H,29,30). The average Bonchev–Trinajstić information content (AvgIpc) is 3.32. The molecule has 0 saturated carbocycles. The number of hydrogen-bond acceptors (Lipinski definition) is 3. The summed E-state index contributed by atoms with van der Waals surface area (Å²) < 4.78 is 5.65. The van der Waals surface area contributed by atoms with Crippen LogP contribution in [0.25, 0.3) is 0 Å². The average molecular weight is 493 g/mol. The number of rotatable bonds is 7. The van der Waals surface area contributed by atoms with Crippen LogP contribution in [-0.4, -0.2) is 34.9 Å². The van der Waals surface area contributed by atoms with Gasteiger partial charge in [-0.1, -0.05) is 72.9 Å². The number of nitrogens with zero attached hydrogens (tertiary/aromatic N) is 2. The largest absolute Gasteiger partial charge is 0.383 e. The molecule has 4 rings (SSSR count). The molecule has 2 heterocycles. The molecule has 2 atom stereocenters. The van der Waals surface area contributed by atoms with Gasteiger partial charge < -0.3 is 4.74 Å². The Labute approximate surface area is 204 Å². The second kappa shape index (κ2) is 10.1. The van der Waals surface area contributed by atoms with Crippen LogP contribution in [0.4, 0.5) is 0 Å². The van der Waals surface area contributed by atoms with Crippen molar-refractivity contribution in [1.29, 1.82) is 0 Å². The first-order chi connectivity index (χ1) is 15.5. The maximum absolute atomic E-state index is 7.05. The molecule has 7 heteroatoms. The van der Waals surface area contributed by atoms with Crippen molar-refractivity contribution in [2.24, 2.45) is 0 Å². The van der Waals surface area contributed by atoms with Gasteiger partial charge in [0.15, 0.2) is 0 Å². The van der Waals surface area contributed by atoms with Crippen molar-refractivity contribution in [3.63, 3.8) is 0 Å². The van der Waals surface area contributed by atoms with Crippen LogP contribution >= 0.6 is 34.8 Å². The molecule has 0 fully saturated rings. The first-order valence-electron chi connectivity index (χ1n) is 11.0. The van der Waals surface area contributed by atoms with Gasteiger partial charge in [-0.3, -0.25) is 10.00 Å². The Kier molecular flexibility index (Phi) is 7.48. The van der Waals surface area contributed by atoms with Crippen molar-refractivity contribution in [2.45, 2.75) is 51.7 Å². The van der Waals surface area contributed by atoms with Gasteiger partial charge in [0.05, 0.1) is 28.9 Å². The third-order valence-corrected chi connectivity index (χ3v) is 7.75. The Bertz CT molecular complexity index is 1050. The zero-order chi connectivity index (χ0) is 22.8. The van der Waals surface area contributed by atoms with E-state index in [0.717, 1.165) is 48.1 Å². The number of aromatic amines is 1. The monoisotopic (exact) mass is 491 g/mol. The van der Waals surface area contributed by atoms with E-state index < -0.39 is 0 Å². The van der Waals surface area contributed by atoms with Gasteiger partial charge in [-0.2, -0.15) is 5.10 Å². The predicted molar refractivity (Wildman–Crippen MR) is 132 cm³/mol. The smallest absolute Gasteiger partial charge is 0.0668 e. The molecule has 170 valence electrons. The summed E-state index contributed by atoms with van der Waals surface area (Å²) >= 11 is 20.8. The highest BCUT2D eigenvalue weighted by Gasteiger charge is 2.37. The number of ether oxygens (including phenoxy) is 1. The maximum Gasteiger partial charge on any atom is 0.0668 e. The first kappa shape index (κ1) is 23.6. The van der Waals surface area contributed by atoms with Crippen LogP contribution < -0.4 is 0 Å². The summed E-state index contributed by atoms with van der Waals surface area (Å²) in [7, 11) is 1.75. The topological polar surface area (TPSA) is 41.2 Å². The van der Waals surface area contributed by atoms with Gasteiger partial charge >= 0.3 is 0 Å². The van der Waals surface area contributed by atoms with Crippen LogP contribution in [0.3, 0.4) is 0 Å².